The lowest BCUT2D eigenvalue weighted by atomic mass is 9.99. The first-order valence-corrected chi connectivity index (χ1v) is 5.12. The van der Waals surface area contributed by atoms with Gasteiger partial charge in [0.2, 0.25) is 0 Å². The van der Waals surface area contributed by atoms with Crippen molar-refractivity contribution in [1.29, 1.82) is 0 Å². The monoisotopic (exact) mass is 207 g/mol. The van der Waals surface area contributed by atoms with Gasteiger partial charge < -0.3 is 10.5 Å². The third-order valence-electron chi connectivity index (χ3n) is 2.22. The highest BCUT2D eigenvalue weighted by Gasteiger charge is 2.10. The van der Waals surface area contributed by atoms with Gasteiger partial charge in [0.05, 0.1) is 12.2 Å². The number of hydrogen-bond acceptors (Lipinski definition) is 3. The molecule has 1 rings (SSSR count). The van der Waals surface area contributed by atoms with Crippen molar-refractivity contribution >= 4 is 11.7 Å². The third-order valence-corrected chi connectivity index (χ3v) is 2.22. The van der Waals surface area contributed by atoms with Crippen LogP contribution in [0.4, 0.5) is 5.69 Å². The van der Waals surface area contributed by atoms with Crippen LogP contribution in [0.3, 0.4) is 0 Å². The summed E-state index contributed by atoms with van der Waals surface area (Å²) in [7, 11) is 0. The minimum absolute atomic E-state index is 0.320. The van der Waals surface area contributed by atoms with Gasteiger partial charge in [-0.1, -0.05) is 19.9 Å². The van der Waals surface area contributed by atoms with Gasteiger partial charge in [-0.2, -0.15) is 0 Å². The minimum atomic E-state index is -0.320. The molecule has 15 heavy (non-hydrogen) atoms. The molecule has 0 aliphatic carbocycles. The molecule has 0 atom stereocenters. The van der Waals surface area contributed by atoms with Gasteiger partial charge in [0.15, 0.2) is 0 Å². The number of benzene rings is 1. The summed E-state index contributed by atoms with van der Waals surface area (Å²) in [6, 6.07) is 5.31. The molecule has 0 saturated carbocycles. The number of carbonyl (C=O) groups excluding carboxylic acids is 1. The average Bonchev–Trinajstić information content (AvgIpc) is 2.17. The molecular weight excluding hydrogens is 190 g/mol. The Labute approximate surface area is 90.2 Å². The summed E-state index contributed by atoms with van der Waals surface area (Å²) < 4.78 is 4.89. The fraction of sp³-hybridized carbons (Fsp3) is 0.417. The Balaban J connectivity index is 2.96. The van der Waals surface area contributed by atoms with Gasteiger partial charge in [-0.25, -0.2) is 4.79 Å². The number of anilines is 1. The van der Waals surface area contributed by atoms with Gasteiger partial charge in [0.1, 0.15) is 0 Å². The van der Waals surface area contributed by atoms with Gasteiger partial charge in [0, 0.05) is 5.69 Å². The van der Waals surface area contributed by atoms with Crippen molar-refractivity contribution in [3.8, 4) is 0 Å². The zero-order valence-electron chi connectivity index (χ0n) is 9.41. The molecule has 3 heteroatoms. The first-order chi connectivity index (χ1) is 7.06. The van der Waals surface area contributed by atoms with Crippen molar-refractivity contribution in [3.63, 3.8) is 0 Å². The Hall–Kier alpha value is -1.51. The number of carbonyl (C=O) groups is 1. The maximum Gasteiger partial charge on any atom is 0.338 e. The molecule has 1 aromatic carbocycles. The van der Waals surface area contributed by atoms with E-state index >= 15 is 0 Å². The standard InChI is InChI=1S/C12H17NO2/c1-4-15-12(14)9-5-6-10(8(2)3)11(13)7-9/h5-8H,4,13H2,1-3H3. The normalized spacial score (nSPS) is 10.4. The number of nitrogens with two attached hydrogens (primary N) is 1. The molecule has 0 spiro atoms. The van der Waals surface area contributed by atoms with Crippen LogP contribution in [-0.2, 0) is 4.74 Å². The number of rotatable bonds is 3. The van der Waals surface area contributed by atoms with Gasteiger partial charge in [-0.05, 0) is 30.5 Å². The fourth-order valence-corrected chi connectivity index (χ4v) is 1.44. The van der Waals surface area contributed by atoms with Crippen LogP contribution in [0.5, 0.6) is 0 Å². The molecule has 1 aromatic rings. The minimum Gasteiger partial charge on any atom is -0.462 e. The number of hydrogen-bond donors (Lipinski definition) is 1. The zero-order valence-corrected chi connectivity index (χ0v) is 9.41. The summed E-state index contributed by atoms with van der Waals surface area (Å²) in [5.74, 6) is 0.0424. The number of esters is 1. The second kappa shape index (κ2) is 4.82. The van der Waals surface area contributed by atoms with Gasteiger partial charge in [-0.15, -0.1) is 0 Å². The number of nitrogen functional groups attached to an aromatic ring is 1. The lowest BCUT2D eigenvalue weighted by Gasteiger charge is -2.10. The van der Waals surface area contributed by atoms with Crippen LogP contribution < -0.4 is 5.73 Å². The third kappa shape index (κ3) is 2.72. The van der Waals surface area contributed by atoms with E-state index in [9.17, 15) is 4.79 Å². The summed E-state index contributed by atoms with van der Waals surface area (Å²) in [4.78, 5) is 11.4. The van der Waals surface area contributed by atoms with E-state index < -0.39 is 0 Å². The van der Waals surface area contributed by atoms with Crippen LogP contribution in [-0.4, -0.2) is 12.6 Å². The molecule has 0 heterocycles. The second-order valence-corrected chi connectivity index (χ2v) is 3.72. The Morgan fingerprint density at radius 2 is 2.13 bits per heavy atom. The van der Waals surface area contributed by atoms with Crippen molar-refractivity contribution in [2.75, 3.05) is 12.3 Å². The summed E-state index contributed by atoms with van der Waals surface area (Å²) in [6.07, 6.45) is 0. The van der Waals surface area contributed by atoms with E-state index in [0.717, 1.165) is 5.56 Å². The molecule has 2 N–H and O–H groups in total. The topological polar surface area (TPSA) is 52.3 Å². The largest absolute Gasteiger partial charge is 0.462 e. The van der Waals surface area contributed by atoms with E-state index in [-0.39, 0.29) is 5.97 Å². The van der Waals surface area contributed by atoms with Crippen LogP contribution in [0.15, 0.2) is 18.2 Å². The fourth-order valence-electron chi connectivity index (χ4n) is 1.44. The zero-order chi connectivity index (χ0) is 11.4. The van der Waals surface area contributed by atoms with Crippen LogP contribution in [0.2, 0.25) is 0 Å². The molecule has 3 nitrogen and oxygen atoms in total. The predicted octanol–water partition coefficient (Wildman–Crippen LogP) is 2.57. The highest BCUT2D eigenvalue weighted by Crippen LogP contribution is 2.22. The molecular formula is C12H17NO2. The van der Waals surface area contributed by atoms with E-state index in [4.69, 9.17) is 10.5 Å². The molecule has 0 fully saturated rings. The molecule has 0 bridgehead atoms. The Kier molecular flexibility index (Phi) is 3.72. The molecule has 0 aliphatic heterocycles. The van der Waals surface area contributed by atoms with E-state index in [1.807, 2.05) is 6.07 Å². The van der Waals surface area contributed by atoms with Gasteiger partial charge in [0.25, 0.3) is 0 Å². The Morgan fingerprint density at radius 1 is 1.47 bits per heavy atom. The SMILES string of the molecule is CCOC(=O)c1ccc(C(C)C)c(N)c1. The van der Waals surface area contributed by atoms with Crippen molar-refractivity contribution in [3.05, 3.63) is 29.3 Å². The van der Waals surface area contributed by atoms with Gasteiger partial charge >= 0.3 is 5.97 Å². The summed E-state index contributed by atoms with van der Waals surface area (Å²) in [5.41, 5.74) is 8.07. The molecule has 0 aliphatic rings. The van der Waals surface area contributed by atoms with E-state index in [1.165, 1.54) is 0 Å². The summed E-state index contributed by atoms with van der Waals surface area (Å²) in [5, 5.41) is 0. The maximum absolute atomic E-state index is 11.4. The van der Waals surface area contributed by atoms with Crippen molar-refractivity contribution < 1.29 is 9.53 Å². The first-order valence-electron chi connectivity index (χ1n) is 5.12. The van der Waals surface area contributed by atoms with Crippen molar-refractivity contribution in [2.45, 2.75) is 26.7 Å². The molecule has 0 saturated heterocycles. The first kappa shape index (κ1) is 11.6. The van der Waals surface area contributed by atoms with Crippen LogP contribution in [0.25, 0.3) is 0 Å². The summed E-state index contributed by atoms with van der Waals surface area (Å²) >= 11 is 0. The quantitative estimate of drug-likeness (QED) is 0.612. The lowest BCUT2D eigenvalue weighted by molar-refractivity contribution is 0.0526. The highest BCUT2D eigenvalue weighted by molar-refractivity contribution is 5.90. The smallest absolute Gasteiger partial charge is 0.338 e. The molecule has 0 amide bonds. The van der Waals surface area contributed by atoms with Crippen LogP contribution in [0, 0.1) is 0 Å². The average molecular weight is 207 g/mol. The van der Waals surface area contributed by atoms with E-state index in [0.29, 0.717) is 23.8 Å². The Morgan fingerprint density at radius 3 is 2.60 bits per heavy atom. The molecule has 82 valence electrons. The molecule has 0 aromatic heterocycles. The number of ether oxygens (including phenoxy) is 1. The highest BCUT2D eigenvalue weighted by atomic mass is 16.5. The predicted molar refractivity (Wildman–Crippen MR) is 60.9 cm³/mol. The molecule has 0 unspecified atom stereocenters. The van der Waals surface area contributed by atoms with Gasteiger partial charge in [-0.3, -0.25) is 0 Å². The van der Waals surface area contributed by atoms with E-state index in [2.05, 4.69) is 13.8 Å². The second-order valence-electron chi connectivity index (χ2n) is 3.72. The van der Waals surface area contributed by atoms with Crippen molar-refractivity contribution in [2.24, 2.45) is 0 Å². The Bertz CT molecular complexity index is 359. The summed E-state index contributed by atoms with van der Waals surface area (Å²) in [6.45, 7) is 6.29. The van der Waals surface area contributed by atoms with E-state index in [1.54, 1.807) is 19.1 Å². The molecule has 0 radical (unpaired) electrons. The lowest BCUT2D eigenvalue weighted by Crippen LogP contribution is -2.06. The maximum atomic E-state index is 11.4. The van der Waals surface area contributed by atoms with Crippen molar-refractivity contribution in [1.82, 2.24) is 0 Å². The van der Waals surface area contributed by atoms with Crippen LogP contribution >= 0.6 is 0 Å². The van der Waals surface area contributed by atoms with Crippen LogP contribution in [0.1, 0.15) is 42.6 Å².